The average Bonchev–Trinajstić information content (AvgIpc) is 3.42. The standard InChI is InChI=1S/C20H32N4.HI/c1-2-21-20(22-13-10-17-8-9-17)23-19-11-14-24(15-12-19)16-18-6-4-3-5-7-18;/h3-7,17,19H,2,8-16H2,1H3,(H2,21,22,23);1H. The third-order valence-corrected chi connectivity index (χ3v) is 5.03. The van der Waals surface area contributed by atoms with Crippen LogP contribution in [0.25, 0.3) is 0 Å². The number of hydrogen-bond donors (Lipinski definition) is 2. The number of guanidine groups is 1. The SMILES string of the molecule is CCNC(=NCCC1CC1)NC1CCN(Cc2ccccc2)CC1.I. The van der Waals surface area contributed by atoms with Crippen LogP contribution >= 0.6 is 24.0 Å². The molecule has 3 rings (SSSR count). The highest BCUT2D eigenvalue weighted by Crippen LogP contribution is 2.32. The number of rotatable bonds is 7. The zero-order valence-corrected chi connectivity index (χ0v) is 17.7. The fourth-order valence-corrected chi connectivity index (χ4v) is 3.36. The summed E-state index contributed by atoms with van der Waals surface area (Å²) < 4.78 is 0. The molecule has 1 saturated carbocycles. The third-order valence-electron chi connectivity index (χ3n) is 5.03. The highest BCUT2D eigenvalue weighted by Gasteiger charge is 2.21. The van der Waals surface area contributed by atoms with E-state index in [1.807, 2.05) is 0 Å². The highest BCUT2D eigenvalue weighted by molar-refractivity contribution is 14.0. The number of nitrogens with one attached hydrogen (secondary N) is 2. The first kappa shape index (κ1) is 20.5. The van der Waals surface area contributed by atoms with Gasteiger partial charge in [-0.05, 0) is 37.7 Å². The summed E-state index contributed by atoms with van der Waals surface area (Å²) in [5.41, 5.74) is 1.42. The second-order valence-electron chi connectivity index (χ2n) is 7.17. The van der Waals surface area contributed by atoms with Crippen molar-refractivity contribution < 1.29 is 0 Å². The number of nitrogens with zero attached hydrogens (tertiary/aromatic N) is 2. The van der Waals surface area contributed by atoms with Crippen molar-refractivity contribution in [3.63, 3.8) is 0 Å². The summed E-state index contributed by atoms with van der Waals surface area (Å²) in [5, 5.41) is 7.05. The molecule has 2 fully saturated rings. The van der Waals surface area contributed by atoms with E-state index in [1.165, 1.54) is 37.7 Å². The monoisotopic (exact) mass is 456 g/mol. The minimum atomic E-state index is 0. The van der Waals surface area contributed by atoms with Crippen LogP contribution in [0.3, 0.4) is 0 Å². The van der Waals surface area contributed by atoms with Gasteiger partial charge in [0.05, 0.1) is 0 Å². The maximum absolute atomic E-state index is 4.76. The van der Waals surface area contributed by atoms with Crippen molar-refractivity contribution in [1.82, 2.24) is 15.5 Å². The Morgan fingerprint density at radius 2 is 1.84 bits per heavy atom. The van der Waals surface area contributed by atoms with Gasteiger partial charge < -0.3 is 10.6 Å². The van der Waals surface area contributed by atoms with Crippen molar-refractivity contribution >= 4 is 29.9 Å². The van der Waals surface area contributed by atoms with E-state index in [4.69, 9.17) is 4.99 Å². The summed E-state index contributed by atoms with van der Waals surface area (Å²) in [6.07, 6.45) is 6.48. The maximum atomic E-state index is 4.76. The van der Waals surface area contributed by atoms with E-state index in [0.717, 1.165) is 44.6 Å². The Bertz CT molecular complexity index is 508. The Hall–Kier alpha value is -0.820. The van der Waals surface area contributed by atoms with Gasteiger partial charge in [-0.15, -0.1) is 24.0 Å². The Morgan fingerprint density at radius 3 is 2.48 bits per heavy atom. The number of piperidine rings is 1. The molecule has 0 atom stereocenters. The van der Waals surface area contributed by atoms with Gasteiger partial charge in [0.25, 0.3) is 0 Å². The second kappa shape index (κ2) is 11.0. The van der Waals surface area contributed by atoms with Crippen LogP contribution in [0.5, 0.6) is 0 Å². The predicted molar refractivity (Wildman–Crippen MR) is 117 cm³/mol. The molecule has 5 heteroatoms. The molecule has 1 aromatic carbocycles. The number of aliphatic imine (C=N–C) groups is 1. The van der Waals surface area contributed by atoms with E-state index in [-0.39, 0.29) is 24.0 Å². The van der Waals surface area contributed by atoms with Crippen molar-refractivity contribution in [2.75, 3.05) is 26.2 Å². The molecule has 0 bridgehead atoms. The first-order valence-corrected chi connectivity index (χ1v) is 9.64. The fraction of sp³-hybridized carbons (Fsp3) is 0.650. The molecule has 4 nitrogen and oxygen atoms in total. The summed E-state index contributed by atoms with van der Waals surface area (Å²) in [6.45, 7) is 7.43. The molecule has 25 heavy (non-hydrogen) atoms. The minimum absolute atomic E-state index is 0. The van der Waals surface area contributed by atoms with Crippen LogP contribution in [0.15, 0.2) is 35.3 Å². The van der Waals surface area contributed by atoms with Gasteiger partial charge >= 0.3 is 0 Å². The maximum Gasteiger partial charge on any atom is 0.191 e. The van der Waals surface area contributed by atoms with Crippen LogP contribution < -0.4 is 10.6 Å². The molecule has 140 valence electrons. The highest BCUT2D eigenvalue weighted by atomic mass is 127. The molecule has 0 spiro atoms. The normalized spacial score (nSPS) is 19.3. The van der Waals surface area contributed by atoms with Crippen molar-refractivity contribution in [1.29, 1.82) is 0 Å². The van der Waals surface area contributed by atoms with E-state index < -0.39 is 0 Å². The topological polar surface area (TPSA) is 39.7 Å². The Labute approximate surface area is 169 Å². The number of benzene rings is 1. The molecule has 1 aliphatic heterocycles. The number of halogens is 1. The van der Waals surface area contributed by atoms with Gasteiger partial charge in [0.15, 0.2) is 5.96 Å². The largest absolute Gasteiger partial charge is 0.357 e. The lowest BCUT2D eigenvalue weighted by Crippen LogP contribution is -2.48. The summed E-state index contributed by atoms with van der Waals surface area (Å²) in [7, 11) is 0. The minimum Gasteiger partial charge on any atom is -0.357 e. The van der Waals surface area contributed by atoms with Gasteiger partial charge in [-0.25, -0.2) is 0 Å². The fourth-order valence-electron chi connectivity index (χ4n) is 3.36. The van der Waals surface area contributed by atoms with Gasteiger partial charge in [-0.2, -0.15) is 0 Å². The quantitative estimate of drug-likeness (QED) is 0.374. The van der Waals surface area contributed by atoms with Crippen LogP contribution in [0.1, 0.15) is 44.6 Å². The number of likely N-dealkylation sites (tertiary alicyclic amines) is 1. The molecule has 1 aliphatic carbocycles. The lowest BCUT2D eigenvalue weighted by Gasteiger charge is -2.33. The van der Waals surface area contributed by atoms with Crippen LogP contribution in [0, 0.1) is 5.92 Å². The zero-order chi connectivity index (χ0) is 16.6. The van der Waals surface area contributed by atoms with E-state index in [1.54, 1.807) is 0 Å². The van der Waals surface area contributed by atoms with E-state index in [0.29, 0.717) is 6.04 Å². The predicted octanol–water partition coefficient (Wildman–Crippen LogP) is 3.62. The third kappa shape index (κ3) is 7.52. The molecular formula is C20H33IN4. The molecular weight excluding hydrogens is 423 g/mol. The molecule has 1 saturated heterocycles. The first-order chi connectivity index (χ1) is 11.8. The van der Waals surface area contributed by atoms with E-state index >= 15 is 0 Å². The molecule has 0 radical (unpaired) electrons. The first-order valence-electron chi connectivity index (χ1n) is 9.64. The van der Waals surface area contributed by atoms with Gasteiger partial charge in [-0.3, -0.25) is 9.89 Å². The lowest BCUT2D eigenvalue weighted by atomic mass is 10.0. The lowest BCUT2D eigenvalue weighted by molar-refractivity contribution is 0.198. The van der Waals surface area contributed by atoms with Crippen LogP contribution in [-0.2, 0) is 6.54 Å². The summed E-state index contributed by atoms with van der Waals surface area (Å²) in [6, 6.07) is 11.3. The molecule has 2 N–H and O–H groups in total. The van der Waals surface area contributed by atoms with Crippen molar-refractivity contribution in [3.05, 3.63) is 35.9 Å². The zero-order valence-electron chi connectivity index (χ0n) is 15.4. The molecule has 0 unspecified atom stereocenters. The van der Waals surface area contributed by atoms with Crippen LogP contribution in [-0.4, -0.2) is 43.1 Å². The van der Waals surface area contributed by atoms with Crippen LogP contribution in [0.2, 0.25) is 0 Å². The van der Waals surface area contributed by atoms with Crippen LogP contribution in [0.4, 0.5) is 0 Å². The Balaban J connectivity index is 0.00000225. The average molecular weight is 456 g/mol. The Kier molecular flexibility index (Phi) is 9.03. The van der Waals surface area contributed by atoms with Crippen molar-refractivity contribution in [3.8, 4) is 0 Å². The summed E-state index contributed by atoms with van der Waals surface area (Å²) in [5.74, 6) is 1.97. The molecule has 0 amide bonds. The van der Waals surface area contributed by atoms with E-state index in [2.05, 4.69) is 52.8 Å². The van der Waals surface area contributed by atoms with E-state index in [9.17, 15) is 0 Å². The molecule has 1 aromatic rings. The number of hydrogen-bond acceptors (Lipinski definition) is 2. The molecule has 1 heterocycles. The Morgan fingerprint density at radius 1 is 1.12 bits per heavy atom. The van der Waals surface area contributed by atoms with Gasteiger partial charge in [-0.1, -0.05) is 43.2 Å². The van der Waals surface area contributed by atoms with Gasteiger partial charge in [0, 0.05) is 38.8 Å². The summed E-state index contributed by atoms with van der Waals surface area (Å²) in [4.78, 5) is 7.32. The van der Waals surface area contributed by atoms with Gasteiger partial charge in [0.2, 0.25) is 0 Å². The van der Waals surface area contributed by atoms with Crippen molar-refractivity contribution in [2.45, 2.75) is 51.6 Å². The molecule has 0 aromatic heterocycles. The van der Waals surface area contributed by atoms with Gasteiger partial charge in [0.1, 0.15) is 0 Å². The smallest absolute Gasteiger partial charge is 0.191 e. The van der Waals surface area contributed by atoms with Crippen molar-refractivity contribution in [2.24, 2.45) is 10.9 Å². The molecule has 2 aliphatic rings. The summed E-state index contributed by atoms with van der Waals surface area (Å²) >= 11 is 0. The second-order valence-corrected chi connectivity index (χ2v) is 7.17.